The average Bonchev–Trinajstić information content (AvgIpc) is 1.27. The Morgan fingerprint density at radius 3 is 1.99 bits per heavy atom. The zero-order valence-corrected chi connectivity index (χ0v) is 52.8. The number of guanidine groups is 1. The molecule has 2 rings (SSSR count). The molecular formula is C63H111N3O20. The van der Waals surface area contributed by atoms with Crippen LogP contribution in [0.2, 0.25) is 0 Å². The van der Waals surface area contributed by atoms with Crippen molar-refractivity contribution < 1.29 is 100 Å². The van der Waals surface area contributed by atoms with E-state index >= 15 is 0 Å². The number of carboxylic acid groups (broad SMARTS) is 1. The van der Waals surface area contributed by atoms with E-state index in [2.05, 4.69) is 21.7 Å². The van der Waals surface area contributed by atoms with E-state index in [0.717, 1.165) is 43.8 Å². The Labute approximate surface area is 510 Å². The number of hydrogen-bond donors (Lipinski definition) is 16. The number of hydrogen-bond acceptors (Lipinski definition) is 20. The maximum Gasteiger partial charge on any atom is 0.317 e. The number of ether oxygens (including phenoxy) is 3. The number of carbonyl (C=O) groups is 3. The van der Waals surface area contributed by atoms with Gasteiger partial charge >= 0.3 is 17.9 Å². The molecule has 0 spiro atoms. The smallest absolute Gasteiger partial charge is 0.317 e. The molecule has 0 amide bonds. The second kappa shape index (κ2) is 39.3. The number of carboxylic acids is 1. The van der Waals surface area contributed by atoms with Crippen molar-refractivity contribution in [3.05, 3.63) is 47.6 Å². The number of aliphatic hydroxyl groups is 13. The van der Waals surface area contributed by atoms with Gasteiger partial charge in [0.15, 0.2) is 11.7 Å². The van der Waals surface area contributed by atoms with E-state index in [1.54, 1.807) is 79.9 Å². The first kappa shape index (κ1) is 78.2. The van der Waals surface area contributed by atoms with Gasteiger partial charge in [-0.3, -0.25) is 19.4 Å². The summed E-state index contributed by atoms with van der Waals surface area (Å²) in [5, 5.41) is 161. The number of carbonyl (C=O) groups excluding carboxylic acids is 2. The van der Waals surface area contributed by atoms with Crippen molar-refractivity contribution in [1.82, 2.24) is 10.6 Å². The number of rotatable bonds is 12. The van der Waals surface area contributed by atoms with Gasteiger partial charge in [0.1, 0.15) is 24.7 Å². The van der Waals surface area contributed by atoms with Gasteiger partial charge in [-0.1, -0.05) is 90.0 Å². The van der Waals surface area contributed by atoms with Crippen LogP contribution in [0.5, 0.6) is 0 Å². The number of fused-ring (bicyclic) bond motifs is 2. The minimum Gasteiger partial charge on any atom is -0.481 e. The predicted octanol–water partition coefficient (Wildman–Crippen LogP) is 2.82. The van der Waals surface area contributed by atoms with Gasteiger partial charge in [-0.2, -0.15) is 0 Å². The number of aliphatic imine (C=N–C) groups is 1. The molecule has 0 aromatic rings. The Bertz CT molecular complexity index is 2150. The van der Waals surface area contributed by atoms with E-state index in [9.17, 15) is 85.9 Å². The molecule has 498 valence electrons. The number of aliphatic hydroxyl groups excluding tert-OH is 12. The van der Waals surface area contributed by atoms with E-state index in [4.69, 9.17) is 14.2 Å². The van der Waals surface area contributed by atoms with Crippen LogP contribution in [-0.4, -0.2) is 213 Å². The Hall–Kier alpha value is -3.92. The maximum absolute atomic E-state index is 14.0. The summed E-state index contributed by atoms with van der Waals surface area (Å²) in [6, 6.07) is 0. The van der Waals surface area contributed by atoms with Crippen molar-refractivity contribution in [2.75, 3.05) is 20.6 Å². The van der Waals surface area contributed by atoms with Crippen molar-refractivity contribution in [2.45, 2.75) is 262 Å². The van der Waals surface area contributed by atoms with Crippen LogP contribution in [0.25, 0.3) is 0 Å². The summed E-state index contributed by atoms with van der Waals surface area (Å²) in [6.07, 6.45) is -8.28. The lowest BCUT2D eigenvalue weighted by molar-refractivity contribution is -0.333. The lowest BCUT2D eigenvalue weighted by Gasteiger charge is -2.45. The third-order valence-electron chi connectivity index (χ3n) is 17.5. The van der Waals surface area contributed by atoms with Crippen molar-refractivity contribution in [3.63, 3.8) is 0 Å². The highest BCUT2D eigenvalue weighted by molar-refractivity contribution is 5.90. The first-order chi connectivity index (χ1) is 40.2. The molecule has 23 heteroatoms. The van der Waals surface area contributed by atoms with Gasteiger partial charge in [-0.25, -0.2) is 0 Å². The summed E-state index contributed by atoms with van der Waals surface area (Å²) < 4.78 is 17.5. The zero-order chi connectivity index (χ0) is 65.2. The van der Waals surface area contributed by atoms with E-state index in [1.807, 2.05) is 20.8 Å². The molecule has 1 saturated heterocycles. The summed E-state index contributed by atoms with van der Waals surface area (Å²) in [5.41, 5.74) is 1.49. The first-order valence-electron chi connectivity index (χ1n) is 31.0. The summed E-state index contributed by atoms with van der Waals surface area (Å²) in [6.45, 7) is 16.2. The lowest BCUT2D eigenvalue weighted by Crippen LogP contribution is -2.59. The van der Waals surface area contributed by atoms with Crippen LogP contribution >= 0.6 is 0 Å². The number of cyclic esters (lactones) is 1. The molecule has 0 aromatic carbocycles. The van der Waals surface area contributed by atoms with Gasteiger partial charge in [0.05, 0.1) is 79.2 Å². The number of nitrogens with one attached hydrogen (secondary N) is 2. The topological polar surface area (TPSA) is 399 Å². The molecule has 2 aliphatic heterocycles. The molecule has 0 radical (unpaired) electrons. The SMILES string of the molecule is CN=C(NC)NCCCCCC=C(C)CC(C)C1OC(=O)C(C)C(O)C(C)=CCC(O)C(C)C(O)CC(O)C(C)C(O)CCC(C)C(O)CC2(O)OC(CC(O)CC(OC(=O)CC(=O)O)CC(O)CC(O)C(C)C(O)C=CC=CC1C)CC(O)C2O. The highest BCUT2D eigenvalue weighted by atomic mass is 16.7. The Morgan fingerprint density at radius 1 is 0.767 bits per heavy atom. The maximum atomic E-state index is 14.0. The summed E-state index contributed by atoms with van der Waals surface area (Å²) in [4.78, 5) is 42.1. The summed E-state index contributed by atoms with van der Waals surface area (Å²) >= 11 is 0. The number of unbranched alkanes of at least 4 members (excludes halogenated alkanes) is 3. The van der Waals surface area contributed by atoms with Gasteiger partial charge in [-0.05, 0) is 102 Å². The Morgan fingerprint density at radius 2 is 1.37 bits per heavy atom. The molecule has 0 aliphatic carbocycles. The fourth-order valence-electron chi connectivity index (χ4n) is 11.2. The van der Waals surface area contributed by atoms with Crippen LogP contribution in [-0.2, 0) is 28.6 Å². The molecule has 1 fully saturated rings. The van der Waals surface area contributed by atoms with Crippen LogP contribution in [0.1, 0.15) is 165 Å². The Kier molecular flexibility index (Phi) is 35.7. The van der Waals surface area contributed by atoms with Gasteiger partial charge in [-0.15, -0.1) is 0 Å². The van der Waals surface area contributed by atoms with Crippen LogP contribution < -0.4 is 10.6 Å². The molecule has 23 unspecified atom stereocenters. The second-order valence-corrected chi connectivity index (χ2v) is 25.0. The molecule has 86 heavy (non-hydrogen) atoms. The molecule has 2 heterocycles. The fourth-order valence-corrected chi connectivity index (χ4v) is 11.2. The molecule has 2 bridgehead atoms. The highest BCUT2D eigenvalue weighted by Gasteiger charge is 2.50. The second-order valence-electron chi connectivity index (χ2n) is 25.0. The summed E-state index contributed by atoms with van der Waals surface area (Å²) in [7, 11) is 3.52. The van der Waals surface area contributed by atoms with Gasteiger partial charge in [0, 0.05) is 70.0 Å². The number of aliphatic carboxylic acids is 1. The third-order valence-corrected chi connectivity index (χ3v) is 17.5. The molecule has 0 aromatic heterocycles. The van der Waals surface area contributed by atoms with Gasteiger partial charge < -0.3 is 96.3 Å². The molecule has 16 N–H and O–H groups in total. The third kappa shape index (κ3) is 27.4. The van der Waals surface area contributed by atoms with E-state index in [0.29, 0.717) is 12.0 Å². The Balaban J connectivity index is 2.49. The monoisotopic (exact) mass is 1230 g/mol. The van der Waals surface area contributed by atoms with Gasteiger partial charge in [0.2, 0.25) is 0 Å². The predicted molar refractivity (Wildman–Crippen MR) is 324 cm³/mol. The first-order valence-corrected chi connectivity index (χ1v) is 31.0. The standard InChI is InChI=1S/C63H111N3O20/c1-35(18-14-12-13-17-25-66-62(64-10)65-11)26-39(5)59-38(4)19-15-16-20-48(69)40(6)51(72)30-45(68)28-46(84-57(79)33-56(77)78)27-44(67)29-47-31-54(75)60(81)63(83,86-47)34-55(76)36(2)21-23-49(70)41(7)52(73)32-53(74)42(8)50(71)24-22-37(3)58(80)43(9)61(82)85-59/h15-16,18-20,22,36,38-55,58-60,67-76,80-81,83H,12-14,17,21,23-34H2,1-11H3,(H,77,78)(H2,64,65,66). The quantitative estimate of drug-likeness (QED) is 0.0333. The zero-order valence-electron chi connectivity index (χ0n) is 52.8. The lowest BCUT2D eigenvalue weighted by atomic mass is 9.83. The minimum atomic E-state index is -2.53. The molecule has 23 nitrogen and oxygen atoms in total. The van der Waals surface area contributed by atoms with E-state index in [-0.39, 0.29) is 50.9 Å². The highest BCUT2D eigenvalue weighted by Crippen LogP contribution is 2.36. The van der Waals surface area contributed by atoms with Crippen LogP contribution in [0.3, 0.4) is 0 Å². The number of esters is 2. The average molecular weight is 1230 g/mol. The molecule has 0 saturated carbocycles. The molecule has 23 atom stereocenters. The molecular weight excluding hydrogens is 1120 g/mol. The molecule has 2 aliphatic rings. The van der Waals surface area contributed by atoms with Crippen molar-refractivity contribution in [3.8, 4) is 0 Å². The van der Waals surface area contributed by atoms with Crippen LogP contribution in [0.15, 0.2) is 52.6 Å². The van der Waals surface area contributed by atoms with E-state index < -0.39 is 176 Å². The number of nitrogens with zero attached hydrogens (tertiary/aromatic N) is 1. The normalized spacial score (nSPS) is 38.1. The minimum absolute atomic E-state index is 0.0103. The van der Waals surface area contributed by atoms with Crippen molar-refractivity contribution in [1.29, 1.82) is 0 Å². The number of allylic oxidation sites excluding steroid dienone is 4. The van der Waals surface area contributed by atoms with Crippen molar-refractivity contribution >= 4 is 23.9 Å². The van der Waals surface area contributed by atoms with Gasteiger partial charge in [0.25, 0.3) is 0 Å². The largest absolute Gasteiger partial charge is 0.481 e. The van der Waals surface area contributed by atoms with Crippen LogP contribution in [0, 0.1) is 41.4 Å². The van der Waals surface area contributed by atoms with E-state index in [1.165, 1.54) is 6.08 Å². The van der Waals surface area contributed by atoms with Crippen molar-refractivity contribution in [2.24, 2.45) is 46.4 Å². The summed E-state index contributed by atoms with van der Waals surface area (Å²) in [5.74, 6) is -9.85. The fraction of sp³-hybridized carbons (Fsp3) is 0.810. The van der Waals surface area contributed by atoms with Crippen LogP contribution in [0.4, 0.5) is 0 Å².